The van der Waals surface area contributed by atoms with E-state index in [1.165, 1.54) is 18.2 Å². The summed E-state index contributed by atoms with van der Waals surface area (Å²) in [5.74, 6) is -2.14. The van der Waals surface area contributed by atoms with Crippen molar-refractivity contribution in [2.24, 2.45) is 5.92 Å². The average molecular weight is 389 g/mol. The molecule has 0 radical (unpaired) electrons. The summed E-state index contributed by atoms with van der Waals surface area (Å²) in [7, 11) is 0. The van der Waals surface area contributed by atoms with E-state index in [1.807, 2.05) is 6.92 Å². The molecule has 2 atom stereocenters. The molecule has 28 heavy (non-hydrogen) atoms. The van der Waals surface area contributed by atoms with Gasteiger partial charge in [0.15, 0.2) is 0 Å². The summed E-state index contributed by atoms with van der Waals surface area (Å²) in [5, 5.41) is 22.0. The van der Waals surface area contributed by atoms with Crippen LogP contribution < -0.4 is 10.1 Å². The fourth-order valence-corrected chi connectivity index (χ4v) is 2.74. The Bertz CT molecular complexity index is 794. The van der Waals surface area contributed by atoms with Gasteiger partial charge in [0.05, 0.1) is 25.0 Å². The van der Waals surface area contributed by atoms with E-state index < -0.39 is 29.7 Å². The van der Waals surface area contributed by atoms with Crippen LogP contribution in [0.25, 0.3) is 0 Å². The van der Waals surface area contributed by atoms with Crippen molar-refractivity contribution >= 4 is 11.9 Å². The molecule has 0 heterocycles. The lowest BCUT2D eigenvalue weighted by atomic mass is 9.99. The van der Waals surface area contributed by atoms with Gasteiger partial charge < -0.3 is 20.3 Å². The van der Waals surface area contributed by atoms with Gasteiger partial charge in [-0.15, -0.1) is 0 Å². The van der Waals surface area contributed by atoms with Crippen molar-refractivity contribution in [2.45, 2.75) is 25.9 Å². The van der Waals surface area contributed by atoms with Gasteiger partial charge in [-0.1, -0.05) is 24.3 Å². The summed E-state index contributed by atoms with van der Waals surface area (Å²) in [5.41, 5.74) is 1.10. The number of nitrogens with one attached hydrogen (secondary N) is 1. The van der Waals surface area contributed by atoms with E-state index in [4.69, 9.17) is 4.74 Å². The predicted octanol–water partition coefficient (Wildman–Crippen LogP) is 2.71. The first-order chi connectivity index (χ1) is 13.4. The number of aliphatic hydroxyl groups is 1. The van der Waals surface area contributed by atoms with Crippen molar-refractivity contribution < 1.29 is 28.9 Å². The van der Waals surface area contributed by atoms with Gasteiger partial charge in [-0.2, -0.15) is 0 Å². The molecule has 150 valence electrons. The van der Waals surface area contributed by atoms with Crippen LogP contribution in [-0.4, -0.2) is 35.2 Å². The van der Waals surface area contributed by atoms with E-state index in [2.05, 4.69) is 5.32 Å². The molecule has 2 aromatic rings. The number of carboxylic acid groups (broad SMARTS) is 1. The highest BCUT2D eigenvalue weighted by Gasteiger charge is 2.20. The van der Waals surface area contributed by atoms with Gasteiger partial charge in [0, 0.05) is 6.54 Å². The molecule has 0 aromatic heterocycles. The first-order valence-electron chi connectivity index (χ1n) is 9.03. The number of carbonyl (C=O) groups is 2. The van der Waals surface area contributed by atoms with Crippen LogP contribution in [0.4, 0.5) is 4.39 Å². The molecule has 3 N–H and O–H groups in total. The third-order valence-electron chi connectivity index (χ3n) is 4.22. The average Bonchev–Trinajstić information content (AvgIpc) is 2.66. The monoisotopic (exact) mass is 389 g/mol. The molecule has 7 heteroatoms. The largest absolute Gasteiger partial charge is 0.494 e. The standard InChI is InChI=1S/C21H24FNO5/c1-2-28-18-8-6-14(7-9-18)10-16(21(26)27)13-23-20(25)12-19(24)15-4-3-5-17(22)11-15/h3-9,11,16,19,24H,2,10,12-13H2,1H3,(H,23,25)(H,26,27). The second kappa shape index (κ2) is 10.4. The number of ether oxygens (including phenoxy) is 1. The number of hydrogen-bond acceptors (Lipinski definition) is 4. The molecule has 0 bridgehead atoms. The molecule has 1 amide bonds. The Labute approximate surface area is 163 Å². The lowest BCUT2D eigenvalue weighted by Crippen LogP contribution is -2.34. The van der Waals surface area contributed by atoms with Gasteiger partial charge in [-0.05, 0) is 48.7 Å². The SMILES string of the molecule is CCOc1ccc(CC(CNC(=O)CC(O)c2cccc(F)c2)C(=O)O)cc1. The van der Waals surface area contributed by atoms with Crippen molar-refractivity contribution in [2.75, 3.05) is 13.2 Å². The zero-order valence-corrected chi connectivity index (χ0v) is 15.6. The quantitative estimate of drug-likeness (QED) is 0.581. The molecule has 0 aliphatic heterocycles. The normalized spacial score (nSPS) is 12.8. The molecule has 0 spiro atoms. The van der Waals surface area contributed by atoms with E-state index >= 15 is 0 Å². The van der Waals surface area contributed by atoms with Crippen LogP contribution in [0.15, 0.2) is 48.5 Å². The van der Waals surface area contributed by atoms with Crippen LogP contribution in [0.2, 0.25) is 0 Å². The minimum absolute atomic E-state index is 0.0722. The number of hydrogen-bond donors (Lipinski definition) is 3. The van der Waals surface area contributed by atoms with Gasteiger partial charge in [0.25, 0.3) is 0 Å². The summed E-state index contributed by atoms with van der Waals surface area (Å²) >= 11 is 0. The molecule has 2 unspecified atom stereocenters. The van der Waals surface area contributed by atoms with E-state index in [1.54, 1.807) is 24.3 Å². The maximum Gasteiger partial charge on any atom is 0.308 e. The second-order valence-corrected chi connectivity index (χ2v) is 6.40. The first-order valence-corrected chi connectivity index (χ1v) is 9.03. The van der Waals surface area contributed by atoms with Gasteiger partial charge in [0.2, 0.25) is 5.91 Å². The summed E-state index contributed by atoms with van der Waals surface area (Å²) in [6, 6.07) is 12.5. The molecular weight excluding hydrogens is 365 g/mol. The Morgan fingerprint density at radius 2 is 1.89 bits per heavy atom. The number of aliphatic carboxylic acids is 1. The Balaban J connectivity index is 1.88. The van der Waals surface area contributed by atoms with E-state index in [0.29, 0.717) is 17.9 Å². The Kier molecular flexibility index (Phi) is 7.95. The summed E-state index contributed by atoms with van der Waals surface area (Å²) in [6.07, 6.45) is -1.20. The minimum atomic E-state index is -1.16. The lowest BCUT2D eigenvalue weighted by Gasteiger charge is -2.15. The molecule has 0 saturated carbocycles. The van der Waals surface area contributed by atoms with Crippen molar-refractivity contribution in [3.63, 3.8) is 0 Å². The highest BCUT2D eigenvalue weighted by molar-refractivity contribution is 5.78. The van der Waals surface area contributed by atoms with E-state index in [0.717, 1.165) is 11.6 Å². The fourth-order valence-electron chi connectivity index (χ4n) is 2.74. The maximum atomic E-state index is 13.2. The lowest BCUT2D eigenvalue weighted by molar-refractivity contribution is -0.141. The van der Waals surface area contributed by atoms with E-state index in [-0.39, 0.29) is 19.4 Å². The molecule has 6 nitrogen and oxygen atoms in total. The molecule has 0 saturated heterocycles. The van der Waals surface area contributed by atoms with E-state index in [9.17, 15) is 24.2 Å². The zero-order chi connectivity index (χ0) is 20.5. The Morgan fingerprint density at radius 3 is 2.50 bits per heavy atom. The van der Waals surface area contributed by atoms with Crippen LogP contribution in [0.5, 0.6) is 5.75 Å². The van der Waals surface area contributed by atoms with Crippen LogP contribution in [0.3, 0.4) is 0 Å². The Morgan fingerprint density at radius 1 is 1.18 bits per heavy atom. The van der Waals surface area contributed by atoms with Crippen molar-refractivity contribution in [3.05, 3.63) is 65.5 Å². The highest BCUT2D eigenvalue weighted by atomic mass is 19.1. The highest BCUT2D eigenvalue weighted by Crippen LogP contribution is 2.18. The van der Waals surface area contributed by atoms with Crippen LogP contribution in [0.1, 0.15) is 30.6 Å². The number of rotatable bonds is 10. The molecule has 2 rings (SSSR count). The number of halogens is 1. The Hall–Kier alpha value is -2.93. The van der Waals surface area contributed by atoms with Crippen molar-refractivity contribution in [1.29, 1.82) is 0 Å². The molecular formula is C21H24FNO5. The van der Waals surface area contributed by atoms with Gasteiger partial charge in [-0.25, -0.2) is 4.39 Å². The van der Waals surface area contributed by atoms with Gasteiger partial charge in [-0.3, -0.25) is 9.59 Å². The summed E-state index contributed by atoms with van der Waals surface area (Å²) < 4.78 is 18.6. The summed E-state index contributed by atoms with van der Waals surface area (Å²) in [4.78, 5) is 23.5. The van der Waals surface area contributed by atoms with Gasteiger partial charge in [0.1, 0.15) is 11.6 Å². The number of benzene rings is 2. The van der Waals surface area contributed by atoms with Crippen LogP contribution in [-0.2, 0) is 16.0 Å². The second-order valence-electron chi connectivity index (χ2n) is 6.40. The van der Waals surface area contributed by atoms with Crippen LogP contribution >= 0.6 is 0 Å². The number of carboxylic acids is 1. The smallest absolute Gasteiger partial charge is 0.308 e. The predicted molar refractivity (Wildman–Crippen MR) is 101 cm³/mol. The third kappa shape index (κ3) is 6.66. The van der Waals surface area contributed by atoms with Crippen LogP contribution in [0, 0.1) is 11.7 Å². The molecule has 0 aliphatic rings. The van der Waals surface area contributed by atoms with Gasteiger partial charge >= 0.3 is 5.97 Å². The number of amides is 1. The molecule has 0 aliphatic carbocycles. The first kappa shape index (κ1) is 21.4. The van der Waals surface area contributed by atoms with Crippen molar-refractivity contribution in [1.82, 2.24) is 5.32 Å². The van der Waals surface area contributed by atoms with Crippen molar-refractivity contribution in [3.8, 4) is 5.75 Å². The fraction of sp³-hybridized carbons (Fsp3) is 0.333. The summed E-state index contributed by atoms with van der Waals surface area (Å²) in [6.45, 7) is 2.35. The minimum Gasteiger partial charge on any atom is -0.494 e. The number of carbonyl (C=O) groups excluding carboxylic acids is 1. The maximum absolute atomic E-state index is 13.2. The third-order valence-corrected chi connectivity index (χ3v) is 4.22. The molecule has 2 aromatic carbocycles. The number of aliphatic hydroxyl groups excluding tert-OH is 1. The zero-order valence-electron chi connectivity index (χ0n) is 15.6. The topological polar surface area (TPSA) is 95.9 Å². The molecule has 0 fully saturated rings.